The van der Waals surface area contributed by atoms with Gasteiger partial charge in [0.05, 0.1) is 18.1 Å². The van der Waals surface area contributed by atoms with Crippen LogP contribution < -0.4 is 9.80 Å². The number of hydrogen-bond acceptors (Lipinski definition) is 6. The van der Waals surface area contributed by atoms with E-state index < -0.39 is 5.82 Å². The number of halogens is 1. The molecule has 0 N–H and O–H groups in total. The Bertz CT molecular complexity index is 774. The van der Waals surface area contributed by atoms with Crippen molar-refractivity contribution in [3.8, 4) is 0 Å². The van der Waals surface area contributed by atoms with Crippen molar-refractivity contribution in [1.29, 1.82) is 0 Å². The monoisotopic (exact) mass is 356 g/mol. The lowest BCUT2D eigenvalue weighted by Crippen LogP contribution is -2.47. The van der Waals surface area contributed by atoms with Gasteiger partial charge in [-0.25, -0.2) is 24.3 Å². The van der Waals surface area contributed by atoms with Gasteiger partial charge in [0.1, 0.15) is 11.6 Å². The van der Waals surface area contributed by atoms with Gasteiger partial charge < -0.3 is 9.80 Å². The first kappa shape index (κ1) is 17.1. The van der Waals surface area contributed by atoms with Crippen LogP contribution in [0.5, 0.6) is 0 Å². The largest absolute Gasteiger partial charge is 0.353 e. The molecular formula is C19H25FN6. The highest BCUT2D eigenvalue weighted by molar-refractivity contribution is 5.45. The van der Waals surface area contributed by atoms with Crippen molar-refractivity contribution in [2.75, 3.05) is 36.0 Å². The van der Waals surface area contributed by atoms with Crippen molar-refractivity contribution >= 4 is 11.8 Å². The second-order valence-electron chi connectivity index (χ2n) is 8.17. The fraction of sp³-hybridized carbons (Fsp3) is 0.579. The normalized spacial score (nSPS) is 18.3. The van der Waals surface area contributed by atoms with Crippen molar-refractivity contribution < 1.29 is 4.39 Å². The molecule has 3 heterocycles. The average molecular weight is 356 g/mol. The Kier molecular flexibility index (Phi) is 4.25. The summed E-state index contributed by atoms with van der Waals surface area (Å²) < 4.78 is 13.0. The van der Waals surface area contributed by atoms with Crippen LogP contribution in [0.1, 0.15) is 51.0 Å². The summed E-state index contributed by atoms with van der Waals surface area (Å²) in [7, 11) is 0. The summed E-state index contributed by atoms with van der Waals surface area (Å²) in [6.45, 7) is 9.84. The Hall–Kier alpha value is -2.31. The third-order valence-corrected chi connectivity index (χ3v) is 4.93. The maximum Gasteiger partial charge on any atom is 0.225 e. The second kappa shape index (κ2) is 6.45. The first-order valence-corrected chi connectivity index (χ1v) is 9.27. The molecule has 7 heteroatoms. The SMILES string of the molecule is CC(C)(C)c1cc(N2CCN(c3ncc(F)cn3)CC2)nc(C2CC2)n1. The lowest BCUT2D eigenvalue weighted by Gasteiger charge is -2.36. The van der Waals surface area contributed by atoms with Crippen molar-refractivity contribution in [1.82, 2.24) is 19.9 Å². The smallest absolute Gasteiger partial charge is 0.225 e. The quantitative estimate of drug-likeness (QED) is 0.843. The van der Waals surface area contributed by atoms with E-state index in [1.165, 1.54) is 25.2 Å². The van der Waals surface area contributed by atoms with E-state index in [0.717, 1.165) is 43.5 Å². The summed E-state index contributed by atoms with van der Waals surface area (Å²) in [5.41, 5.74) is 1.11. The molecule has 1 aliphatic carbocycles. The molecule has 0 unspecified atom stereocenters. The first-order valence-electron chi connectivity index (χ1n) is 9.27. The van der Waals surface area contributed by atoms with Gasteiger partial charge >= 0.3 is 0 Å². The molecular weight excluding hydrogens is 331 g/mol. The molecule has 26 heavy (non-hydrogen) atoms. The third-order valence-electron chi connectivity index (χ3n) is 4.93. The number of nitrogens with zero attached hydrogens (tertiary/aromatic N) is 6. The van der Waals surface area contributed by atoms with Crippen LogP contribution in [0.3, 0.4) is 0 Å². The van der Waals surface area contributed by atoms with Crippen molar-refractivity contribution in [2.45, 2.75) is 44.9 Å². The highest BCUT2D eigenvalue weighted by Crippen LogP contribution is 2.39. The Morgan fingerprint density at radius 1 is 0.962 bits per heavy atom. The zero-order valence-corrected chi connectivity index (χ0v) is 15.6. The van der Waals surface area contributed by atoms with Crippen LogP contribution in [0.2, 0.25) is 0 Å². The highest BCUT2D eigenvalue weighted by atomic mass is 19.1. The lowest BCUT2D eigenvalue weighted by molar-refractivity contribution is 0.558. The molecule has 2 aromatic heterocycles. The zero-order chi connectivity index (χ0) is 18.3. The molecule has 1 aliphatic heterocycles. The van der Waals surface area contributed by atoms with Crippen LogP contribution in [-0.2, 0) is 5.41 Å². The average Bonchev–Trinajstić information content (AvgIpc) is 3.47. The summed E-state index contributed by atoms with van der Waals surface area (Å²) in [6, 6.07) is 2.13. The molecule has 1 saturated heterocycles. The minimum atomic E-state index is -0.407. The van der Waals surface area contributed by atoms with Gasteiger partial charge in [0.2, 0.25) is 5.95 Å². The van der Waals surface area contributed by atoms with E-state index in [1.807, 2.05) is 0 Å². The lowest BCUT2D eigenvalue weighted by atomic mass is 9.91. The Labute approximate surface area is 153 Å². The molecule has 4 rings (SSSR count). The zero-order valence-electron chi connectivity index (χ0n) is 15.6. The van der Waals surface area contributed by atoms with Crippen LogP contribution in [0.15, 0.2) is 18.5 Å². The molecule has 6 nitrogen and oxygen atoms in total. The fourth-order valence-corrected chi connectivity index (χ4v) is 3.13. The first-order chi connectivity index (χ1) is 12.4. The molecule has 2 aromatic rings. The molecule has 138 valence electrons. The summed E-state index contributed by atoms with van der Waals surface area (Å²) in [4.78, 5) is 22.3. The van der Waals surface area contributed by atoms with Crippen molar-refractivity contribution in [3.05, 3.63) is 35.8 Å². The topological polar surface area (TPSA) is 58.0 Å². The van der Waals surface area contributed by atoms with Gasteiger partial charge in [-0.3, -0.25) is 0 Å². The second-order valence-corrected chi connectivity index (χ2v) is 8.17. The molecule has 1 saturated carbocycles. The van der Waals surface area contributed by atoms with E-state index in [4.69, 9.17) is 9.97 Å². The maximum absolute atomic E-state index is 13.0. The third kappa shape index (κ3) is 3.61. The summed E-state index contributed by atoms with van der Waals surface area (Å²) in [5, 5.41) is 0. The minimum Gasteiger partial charge on any atom is -0.353 e. The summed E-state index contributed by atoms with van der Waals surface area (Å²) >= 11 is 0. The fourth-order valence-electron chi connectivity index (χ4n) is 3.13. The van der Waals surface area contributed by atoms with Crippen LogP contribution in [0.4, 0.5) is 16.2 Å². The van der Waals surface area contributed by atoms with Gasteiger partial charge in [0, 0.05) is 43.6 Å². The van der Waals surface area contributed by atoms with Gasteiger partial charge in [0.15, 0.2) is 5.82 Å². The maximum atomic E-state index is 13.0. The number of rotatable bonds is 3. The molecule has 0 aromatic carbocycles. The van der Waals surface area contributed by atoms with Gasteiger partial charge in [-0.2, -0.15) is 0 Å². The van der Waals surface area contributed by atoms with E-state index in [0.29, 0.717) is 11.9 Å². The molecule has 0 amide bonds. The summed E-state index contributed by atoms with van der Waals surface area (Å²) in [5.74, 6) is 2.73. The molecule has 2 fully saturated rings. The van der Waals surface area contributed by atoms with E-state index >= 15 is 0 Å². The number of anilines is 2. The Morgan fingerprint density at radius 3 is 2.15 bits per heavy atom. The van der Waals surface area contributed by atoms with E-state index in [2.05, 4.69) is 46.6 Å². The van der Waals surface area contributed by atoms with Crippen LogP contribution >= 0.6 is 0 Å². The van der Waals surface area contributed by atoms with Crippen LogP contribution in [-0.4, -0.2) is 46.1 Å². The number of piperazine rings is 1. The summed E-state index contributed by atoms with van der Waals surface area (Å²) in [6.07, 6.45) is 4.83. The molecule has 0 spiro atoms. The molecule has 2 aliphatic rings. The molecule has 0 radical (unpaired) electrons. The van der Waals surface area contributed by atoms with E-state index in [-0.39, 0.29) is 5.41 Å². The van der Waals surface area contributed by atoms with Gasteiger partial charge in [-0.15, -0.1) is 0 Å². The minimum absolute atomic E-state index is 0.00506. The molecule has 0 bridgehead atoms. The predicted molar refractivity (Wildman–Crippen MR) is 99.1 cm³/mol. The highest BCUT2D eigenvalue weighted by Gasteiger charge is 2.30. The van der Waals surface area contributed by atoms with Crippen LogP contribution in [0.25, 0.3) is 0 Å². The van der Waals surface area contributed by atoms with Crippen LogP contribution in [0, 0.1) is 5.82 Å². The predicted octanol–water partition coefficient (Wildman–Crippen LogP) is 2.91. The Balaban J connectivity index is 1.52. The number of aromatic nitrogens is 4. The Morgan fingerprint density at radius 2 is 1.58 bits per heavy atom. The van der Waals surface area contributed by atoms with Gasteiger partial charge in [-0.1, -0.05) is 20.8 Å². The van der Waals surface area contributed by atoms with Crippen molar-refractivity contribution in [3.63, 3.8) is 0 Å². The van der Waals surface area contributed by atoms with Gasteiger partial charge in [0.25, 0.3) is 0 Å². The number of hydrogen-bond donors (Lipinski definition) is 0. The van der Waals surface area contributed by atoms with E-state index in [1.54, 1.807) is 0 Å². The molecule has 0 atom stereocenters. The van der Waals surface area contributed by atoms with E-state index in [9.17, 15) is 4.39 Å². The standard InChI is InChI=1S/C19H25FN6/c1-19(2,3)15-10-16(24-17(23-15)13-4-5-13)25-6-8-26(9-7-25)18-21-11-14(20)12-22-18/h10-13H,4-9H2,1-3H3. The van der Waals surface area contributed by atoms with Gasteiger partial charge in [-0.05, 0) is 12.8 Å². The van der Waals surface area contributed by atoms with Crippen molar-refractivity contribution in [2.24, 2.45) is 0 Å².